The average molecular weight is 744 g/mol. The average Bonchev–Trinajstić information content (AvgIpc) is 3.62. The maximum absolute atomic E-state index is 15.4. The lowest BCUT2D eigenvalue weighted by Gasteiger charge is -2.59. The van der Waals surface area contributed by atoms with Gasteiger partial charge < -0.3 is 24.4 Å². The molecule has 3 aromatic heterocycles. The second-order valence-corrected chi connectivity index (χ2v) is 20.9. The van der Waals surface area contributed by atoms with Gasteiger partial charge in [-0.1, -0.05) is 19.6 Å². The fourth-order valence-corrected chi connectivity index (χ4v) is 7.68. The van der Waals surface area contributed by atoms with E-state index in [0.717, 1.165) is 23.8 Å². The van der Waals surface area contributed by atoms with Gasteiger partial charge in [-0.15, -0.1) is 5.10 Å². The zero-order chi connectivity index (χ0) is 36.7. The van der Waals surface area contributed by atoms with E-state index in [2.05, 4.69) is 45.0 Å². The Morgan fingerprint density at radius 2 is 1.77 bits per heavy atom. The minimum absolute atomic E-state index is 0.0386. The van der Waals surface area contributed by atoms with E-state index in [-0.39, 0.29) is 36.1 Å². The summed E-state index contributed by atoms with van der Waals surface area (Å²) in [5, 5.41) is 11.7. The highest BCUT2D eigenvalue weighted by Crippen LogP contribution is 2.57. The third kappa shape index (κ3) is 8.11. The molecule has 1 saturated carbocycles. The van der Waals surface area contributed by atoms with Crippen LogP contribution in [0.1, 0.15) is 12.8 Å². The van der Waals surface area contributed by atoms with E-state index in [1.165, 1.54) is 23.0 Å². The third-order valence-corrected chi connectivity index (χ3v) is 11.4. The fraction of sp³-hybridized carbons (Fsp3) is 0.543. The van der Waals surface area contributed by atoms with Crippen molar-refractivity contribution in [3.05, 3.63) is 48.4 Å². The molecule has 0 unspecified atom stereocenters. The molecule has 3 fully saturated rings. The standard InChI is InChI=1S/C35H45F4N9O3Si/c1-45-33(42-25-5-6-26(28(36)16-25)27-18-41-48(30(27)37)23-50-13-14-52(2,3)4)43-31(44-45)24-15-29(51-12-9-46-7-10-49-11-8-46)32(40-17-24)47-21-34(22-47)19-35(38,39)20-34/h5-6,15-18H,7-14,19-23H2,1-4H3,(H,42,43,44). The molecule has 52 heavy (non-hydrogen) atoms. The summed E-state index contributed by atoms with van der Waals surface area (Å²) < 4.78 is 77.8. The minimum Gasteiger partial charge on any atom is -0.488 e. The predicted octanol–water partition coefficient (Wildman–Crippen LogP) is 6.02. The molecule has 2 saturated heterocycles. The van der Waals surface area contributed by atoms with Crippen LogP contribution in [0.15, 0.2) is 36.7 Å². The Hall–Kier alpha value is -4.06. The molecule has 3 aliphatic rings. The van der Waals surface area contributed by atoms with Gasteiger partial charge in [-0.3, -0.25) is 4.90 Å². The summed E-state index contributed by atoms with van der Waals surface area (Å²) >= 11 is 0. The largest absolute Gasteiger partial charge is 0.488 e. The molecular formula is C35H45F4N9O3Si. The molecule has 1 spiro atoms. The van der Waals surface area contributed by atoms with Crippen molar-refractivity contribution >= 4 is 25.5 Å². The first-order valence-electron chi connectivity index (χ1n) is 17.6. The fourth-order valence-electron chi connectivity index (χ4n) is 6.92. The van der Waals surface area contributed by atoms with Crippen LogP contribution in [0.5, 0.6) is 5.75 Å². The van der Waals surface area contributed by atoms with E-state index in [1.807, 2.05) is 11.0 Å². The van der Waals surface area contributed by atoms with Gasteiger partial charge in [0.2, 0.25) is 17.8 Å². The van der Waals surface area contributed by atoms with E-state index in [9.17, 15) is 8.78 Å². The number of nitrogens with one attached hydrogen (secondary N) is 1. The van der Waals surface area contributed by atoms with Crippen LogP contribution in [-0.4, -0.2) is 108 Å². The van der Waals surface area contributed by atoms with Gasteiger partial charge in [0, 0.05) is 95.7 Å². The van der Waals surface area contributed by atoms with Gasteiger partial charge in [0.25, 0.3) is 0 Å². The number of benzene rings is 1. The van der Waals surface area contributed by atoms with Crippen LogP contribution in [-0.2, 0) is 23.3 Å². The van der Waals surface area contributed by atoms with Crippen molar-refractivity contribution < 1.29 is 31.8 Å². The monoisotopic (exact) mass is 743 g/mol. The van der Waals surface area contributed by atoms with Crippen molar-refractivity contribution in [2.24, 2.45) is 12.5 Å². The molecule has 7 rings (SSSR count). The smallest absolute Gasteiger partial charge is 0.249 e. The zero-order valence-corrected chi connectivity index (χ0v) is 31.0. The van der Waals surface area contributed by atoms with Crippen LogP contribution in [0.25, 0.3) is 22.5 Å². The van der Waals surface area contributed by atoms with Gasteiger partial charge in [-0.25, -0.2) is 27.5 Å². The highest BCUT2D eigenvalue weighted by atomic mass is 28.3. The number of halogens is 4. The quantitative estimate of drug-likeness (QED) is 0.0937. The Morgan fingerprint density at radius 1 is 1.00 bits per heavy atom. The first-order chi connectivity index (χ1) is 24.8. The molecule has 2 aliphatic heterocycles. The summed E-state index contributed by atoms with van der Waals surface area (Å²) in [6, 6.07) is 7.14. The second kappa shape index (κ2) is 14.4. The molecule has 17 heteroatoms. The molecule has 1 aromatic carbocycles. The van der Waals surface area contributed by atoms with Crippen molar-refractivity contribution in [1.82, 2.24) is 34.4 Å². The normalized spacial score (nSPS) is 18.3. The number of hydrogen-bond donors (Lipinski definition) is 1. The number of alkyl halides is 2. The van der Waals surface area contributed by atoms with Crippen molar-refractivity contribution in [3.8, 4) is 28.3 Å². The van der Waals surface area contributed by atoms with Crippen LogP contribution in [0, 0.1) is 17.2 Å². The molecule has 1 aliphatic carbocycles. The van der Waals surface area contributed by atoms with Crippen molar-refractivity contribution in [1.29, 1.82) is 0 Å². The van der Waals surface area contributed by atoms with Crippen LogP contribution in [0.2, 0.25) is 25.7 Å². The van der Waals surface area contributed by atoms with Gasteiger partial charge >= 0.3 is 0 Å². The first kappa shape index (κ1) is 36.3. The summed E-state index contributed by atoms with van der Waals surface area (Å²) in [5.41, 5.74) is 0.726. The summed E-state index contributed by atoms with van der Waals surface area (Å²) in [5.74, 6) is -2.07. The highest BCUT2D eigenvalue weighted by molar-refractivity contribution is 6.76. The van der Waals surface area contributed by atoms with Gasteiger partial charge in [-0.05, 0) is 30.3 Å². The van der Waals surface area contributed by atoms with Crippen LogP contribution in [0.3, 0.4) is 0 Å². The third-order valence-electron chi connectivity index (χ3n) is 9.74. The Morgan fingerprint density at radius 3 is 2.48 bits per heavy atom. The van der Waals surface area contributed by atoms with Crippen molar-refractivity contribution in [2.45, 2.75) is 51.2 Å². The van der Waals surface area contributed by atoms with E-state index in [1.54, 1.807) is 19.3 Å². The predicted molar refractivity (Wildman–Crippen MR) is 191 cm³/mol. The number of hydrogen-bond acceptors (Lipinski definition) is 10. The number of aryl methyl sites for hydroxylation is 1. The van der Waals surface area contributed by atoms with Crippen molar-refractivity contribution in [3.63, 3.8) is 0 Å². The maximum atomic E-state index is 15.4. The lowest BCUT2D eigenvalue weighted by Crippen LogP contribution is -2.66. The van der Waals surface area contributed by atoms with Crippen LogP contribution >= 0.6 is 0 Å². The van der Waals surface area contributed by atoms with E-state index in [0.29, 0.717) is 80.7 Å². The minimum atomic E-state index is -2.59. The Bertz CT molecular complexity index is 1880. The first-order valence-corrected chi connectivity index (χ1v) is 21.3. The van der Waals surface area contributed by atoms with Gasteiger partial charge in [0.05, 0.1) is 25.0 Å². The molecule has 4 aromatic rings. The second-order valence-electron chi connectivity index (χ2n) is 15.3. The number of aromatic nitrogens is 6. The maximum Gasteiger partial charge on any atom is 0.249 e. The number of nitrogens with zero attached hydrogens (tertiary/aromatic N) is 8. The van der Waals surface area contributed by atoms with E-state index in [4.69, 9.17) is 19.2 Å². The van der Waals surface area contributed by atoms with Gasteiger partial charge in [0.15, 0.2) is 17.4 Å². The number of morpholine rings is 1. The van der Waals surface area contributed by atoms with Gasteiger partial charge in [0.1, 0.15) is 19.2 Å². The van der Waals surface area contributed by atoms with E-state index >= 15 is 8.78 Å². The number of pyridine rings is 1. The molecule has 280 valence electrons. The lowest BCUT2D eigenvalue weighted by atomic mass is 9.61. The lowest BCUT2D eigenvalue weighted by molar-refractivity contribution is -0.170. The topological polar surface area (TPSA) is 108 Å². The molecule has 1 N–H and O–H groups in total. The number of anilines is 3. The molecule has 0 atom stereocenters. The highest BCUT2D eigenvalue weighted by Gasteiger charge is 2.62. The summed E-state index contributed by atoms with van der Waals surface area (Å²) in [4.78, 5) is 13.6. The molecule has 0 bridgehead atoms. The Labute approximate surface area is 301 Å². The summed E-state index contributed by atoms with van der Waals surface area (Å²) in [7, 11) is 0.416. The molecule has 12 nitrogen and oxygen atoms in total. The van der Waals surface area contributed by atoms with Gasteiger partial charge in [-0.2, -0.15) is 14.5 Å². The Balaban J connectivity index is 1.03. The van der Waals surface area contributed by atoms with Crippen LogP contribution in [0.4, 0.5) is 35.0 Å². The number of rotatable bonds is 14. The zero-order valence-electron chi connectivity index (χ0n) is 30.0. The molecular weight excluding hydrogens is 699 g/mol. The van der Waals surface area contributed by atoms with Crippen LogP contribution < -0.4 is 15.0 Å². The molecule has 5 heterocycles. The Kier molecular flexibility index (Phi) is 10.1. The van der Waals surface area contributed by atoms with E-state index < -0.39 is 25.8 Å². The summed E-state index contributed by atoms with van der Waals surface area (Å²) in [6.45, 7) is 12.3. The molecule has 0 radical (unpaired) electrons. The van der Waals surface area contributed by atoms with Crippen molar-refractivity contribution in [2.75, 3.05) is 69.4 Å². The summed E-state index contributed by atoms with van der Waals surface area (Å²) in [6.07, 6.45) is 2.74. The molecule has 0 amide bonds. The number of ether oxygens (including phenoxy) is 3. The SMILES string of the molecule is Cn1nc(-c2cnc(N3CC4(C3)CC(F)(F)C4)c(OCCN3CCOCC3)c2)nc1Nc1ccc(-c2cnn(COCC[Si](C)(C)C)c2F)c(F)c1.